The largest absolute Gasteiger partial charge is 0.419 e. The third-order valence-corrected chi connectivity index (χ3v) is 5.46. The molecule has 1 saturated heterocycles. The number of aromatic nitrogens is 2. The molecule has 0 atom stereocenters. The number of hydrogen-bond acceptors (Lipinski definition) is 3. The highest BCUT2D eigenvalue weighted by Gasteiger charge is 2.34. The average Bonchev–Trinajstić information content (AvgIpc) is 3.00. The number of amides is 1. The van der Waals surface area contributed by atoms with E-state index < -0.39 is 23.2 Å². The zero-order valence-corrected chi connectivity index (χ0v) is 17.1. The molecule has 2 heterocycles. The Hall–Kier alpha value is -2.42. The molecule has 0 radical (unpaired) electrons. The first-order valence-corrected chi connectivity index (χ1v) is 9.80. The summed E-state index contributed by atoms with van der Waals surface area (Å²) in [4.78, 5) is 14.6. The van der Waals surface area contributed by atoms with Crippen LogP contribution >= 0.6 is 0 Å². The number of aromatic amines is 1. The second kappa shape index (κ2) is 8.02. The van der Waals surface area contributed by atoms with Crippen LogP contribution in [0.5, 0.6) is 0 Å². The molecule has 2 N–H and O–H groups in total. The van der Waals surface area contributed by atoms with E-state index in [9.17, 15) is 27.5 Å². The van der Waals surface area contributed by atoms with E-state index in [0.29, 0.717) is 37.1 Å². The van der Waals surface area contributed by atoms with Crippen LogP contribution in [0.3, 0.4) is 0 Å². The van der Waals surface area contributed by atoms with Crippen molar-refractivity contribution in [2.75, 3.05) is 13.1 Å². The van der Waals surface area contributed by atoms with Crippen LogP contribution in [0.15, 0.2) is 18.2 Å². The van der Waals surface area contributed by atoms with E-state index in [0.717, 1.165) is 25.0 Å². The third kappa shape index (κ3) is 4.83. The Morgan fingerprint density at radius 2 is 1.90 bits per heavy atom. The van der Waals surface area contributed by atoms with Gasteiger partial charge in [-0.05, 0) is 58.1 Å². The Bertz CT molecular complexity index is 923. The number of benzene rings is 1. The molecule has 1 aliphatic heterocycles. The summed E-state index contributed by atoms with van der Waals surface area (Å²) in [7, 11) is 0. The van der Waals surface area contributed by atoms with Gasteiger partial charge in [-0.15, -0.1) is 0 Å². The lowest BCUT2D eigenvalue weighted by Crippen LogP contribution is -2.40. The van der Waals surface area contributed by atoms with E-state index in [1.54, 1.807) is 25.7 Å². The molecule has 0 spiro atoms. The molecule has 2 aromatic rings. The fourth-order valence-electron chi connectivity index (χ4n) is 3.98. The Labute approximate surface area is 172 Å². The summed E-state index contributed by atoms with van der Waals surface area (Å²) in [5, 5.41) is 16.7. The Balaban J connectivity index is 1.74. The van der Waals surface area contributed by atoms with E-state index in [1.165, 1.54) is 0 Å². The van der Waals surface area contributed by atoms with E-state index in [2.05, 4.69) is 10.2 Å². The predicted octanol–water partition coefficient (Wildman–Crippen LogP) is 4.56. The van der Waals surface area contributed by atoms with Gasteiger partial charge in [0.05, 0.1) is 16.9 Å². The number of H-pyrrole nitrogens is 1. The molecule has 1 fully saturated rings. The van der Waals surface area contributed by atoms with Gasteiger partial charge in [-0.25, -0.2) is 4.39 Å². The monoisotopic (exact) mass is 427 g/mol. The molecule has 164 valence electrons. The number of alkyl halides is 3. The highest BCUT2D eigenvalue weighted by Crippen LogP contribution is 2.34. The van der Waals surface area contributed by atoms with Crippen molar-refractivity contribution in [1.82, 2.24) is 15.1 Å². The molecule has 1 aliphatic rings. The van der Waals surface area contributed by atoms with Crippen LogP contribution in [-0.2, 0) is 6.18 Å². The van der Waals surface area contributed by atoms with Gasteiger partial charge in [-0.3, -0.25) is 9.89 Å². The van der Waals surface area contributed by atoms with Crippen LogP contribution in [0.1, 0.15) is 54.7 Å². The second-order valence-electron chi connectivity index (χ2n) is 8.52. The second-order valence-corrected chi connectivity index (χ2v) is 8.52. The van der Waals surface area contributed by atoms with Crippen molar-refractivity contribution in [3.05, 3.63) is 40.8 Å². The number of carbonyl (C=O) groups is 1. The van der Waals surface area contributed by atoms with Gasteiger partial charge in [0.25, 0.3) is 5.91 Å². The zero-order chi connectivity index (χ0) is 22.3. The minimum atomic E-state index is -4.78. The van der Waals surface area contributed by atoms with Crippen molar-refractivity contribution in [2.24, 2.45) is 5.92 Å². The molecule has 0 aliphatic carbocycles. The third-order valence-electron chi connectivity index (χ3n) is 5.46. The fourth-order valence-corrected chi connectivity index (χ4v) is 3.98. The minimum absolute atomic E-state index is 0.164. The lowest BCUT2D eigenvalue weighted by molar-refractivity contribution is -0.139. The molecule has 30 heavy (non-hydrogen) atoms. The van der Waals surface area contributed by atoms with Crippen LogP contribution in [0.4, 0.5) is 17.6 Å². The standard InChI is InChI=1S/C21H25F4N3O2/c1-12-17(14-4-5-15(16(22)10-14)21(23,24)25)26-27-18(12)19(29)28-8-6-13(7-9-28)11-20(2,3)30/h4-5,10,13,30H,6-9,11H2,1-3H3,(H,26,27). The molecule has 0 unspecified atom stereocenters. The van der Waals surface area contributed by atoms with Crippen molar-refractivity contribution in [2.45, 2.75) is 51.8 Å². The van der Waals surface area contributed by atoms with E-state index in [-0.39, 0.29) is 22.9 Å². The zero-order valence-electron chi connectivity index (χ0n) is 17.1. The van der Waals surface area contributed by atoms with Crippen LogP contribution in [0.2, 0.25) is 0 Å². The van der Waals surface area contributed by atoms with Gasteiger partial charge in [-0.2, -0.15) is 18.3 Å². The summed E-state index contributed by atoms with van der Waals surface area (Å²) in [6.07, 6.45) is -2.55. The van der Waals surface area contributed by atoms with Crippen LogP contribution < -0.4 is 0 Å². The van der Waals surface area contributed by atoms with Gasteiger partial charge in [-0.1, -0.05) is 6.07 Å². The van der Waals surface area contributed by atoms with Crippen molar-refractivity contribution >= 4 is 5.91 Å². The Morgan fingerprint density at radius 1 is 1.27 bits per heavy atom. The van der Waals surface area contributed by atoms with E-state index >= 15 is 0 Å². The molecular formula is C21H25F4N3O2. The first kappa shape index (κ1) is 22.3. The molecule has 0 bridgehead atoms. The summed E-state index contributed by atoms with van der Waals surface area (Å²) in [6.45, 7) is 6.25. The number of hydrogen-bond donors (Lipinski definition) is 2. The van der Waals surface area contributed by atoms with E-state index in [4.69, 9.17) is 0 Å². The maximum atomic E-state index is 13.9. The molecule has 5 nitrogen and oxygen atoms in total. The topological polar surface area (TPSA) is 69.2 Å². The number of likely N-dealkylation sites (tertiary alicyclic amines) is 1. The first-order chi connectivity index (χ1) is 13.9. The number of nitrogens with zero attached hydrogens (tertiary/aromatic N) is 2. The number of halogens is 4. The molecule has 0 saturated carbocycles. The highest BCUT2D eigenvalue weighted by molar-refractivity contribution is 5.95. The molecule has 1 aromatic carbocycles. The predicted molar refractivity (Wildman–Crippen MR) is 103 cm³/mol. The van der Waals surface area contributed by atoms with Crippen molar-refractivity contribution in [1.29, 1.82) is 0 Å². The van der Waals surface area contributed by atoms with E-state index in [1.807, 2.05) is 0 Å². The highest BCUT2D eigenvalue weighted by atomic mass is 19.4. The molecule has 1 aromatic heterocycles. The lowest BCUT2D eigenvalue weighted by atomic mass is 9.86. The molecule has 3 rings (SSSR count). The van der Waals surface area contributed by atoms with Gasteiger partial charge in [0, 0.05) is 24.2 Å². The summed E-state index contributed by atoms with van der Waals surface area (Å²) >= 11 is 0. The number of piperidine rings is 1. The van der Waals surface area contributed by atoms with Gasteiger partial charge in [0.1, 0.15) is 11.5 Å². The fraction of sp³-hybridized carbons (Fsp3) is 0.524. The summed E-state index contributed by atoms with van der Waals surface area (Å²) in [5.41, 5.74) is -0.989. The molecule has 9 heteroatoms. The maximum Gasteiger partial charge on any atom is 0.419 e. The number of nitrogens with one attached hydrogen (secondary N) is 1. The van der Waals surface area contributed by atoms with Crippen LogP contribution in [-0.4, -0.2) is 44.8 Å². The molecular weight excluding hydrogens is 402 g/mol. The quantitative estimate of drug-likeness (QED) is 0.703. The summed E-state index contributed by atoms with van der Waals surface area (Å²) < 4.78 is 52.2. The average molecular weight is 427 g/mol. The summed E-state index contributed by atoms with van der Waals surface area (Å²) in [6, 6.07) is 2.60. The number of carbonyl (C=O) groups excluding carboxylic acids is 1. The Morgan fingerprint density at radius 3 is 2.43 bits per heavy atom. The van der Waals surface area contributed by atoms with Gasteiger partial charge in [0.2, 0.25) is 0 Å². The van der Waals surface area contributed by atoms with Gasteiger partial charge in [0.15, 0.2) is 0 Å². The number of aliphatic hydroxyl groups is 1. The lowest BCUT2D eigenvalue weighted by Gasteiger charge is -2.34. The van der Waals surface area contributed by atoms with Crippen LogP contribution in [0, 0.1) is 18.7 Å². The summed E-state index contributed by atoms with van der Waals surface area (Å²) in [5.74, 6) is -1.30. The number of rotatable bonds is 4. The SMILES string of the molecule is Cc1c(-c2ccc(C(F)(F)F)c(F)c2)n[nH]c1C(=O)N1CCC(CC(C)(C)O)CC1. The van der Waals surface area contributed by atoms with Gasteiger partial charge >= 0.3 is 6.18 Å². The minimum Gasteiger partial charge on any atom is -0.390 e. The smallest absolute Gasteiger partial charge is 0.390 e. The Kier molecular flexibility index (Phi) is 5.95. The molecule has 1 amide bonds. The normalized spacial score (nSPS) is 16.2. The van der Waals surface area contributed by atoms with Crippen LogP contribution in [0.25, 0.3) is 11.3 Å². The van der Waals surface area contributed by atoms with Crippen molar-refractivity contribution < 1.29 is 27.5 Å². The van der Waals surface area contributed by atoms with Crippen molar-refractivity contribution in [3.8, 4) is 11.3 Å². The first-order valence-electron chi connectivity index (χ1n) is 9.80. The van der Waals surface area contributed by atoms with Crippen molar-refractivity contribution in [3.63, 3.8) is 0 Å². The van der Waals surface area contributed by atoms with Gasteiger partial charge < -0.3 is 10.0 Å². The maximum absolute atomic E-state index is 13.9.